The summed E-state index contributed by atoms with van der Waals surface area (Å²) in [7, 11) is 3.22. The smallest absolute Gasteiger partial charge is 0.315 e. The molecule has 154 valence electrons. The Morgan fingerprint density at radius 3 is 2.52 bits per heavy atom. The minimum absolute atomic E-state index is 0.137. The fourth-order valence-electron chi connectivity index (χ4n) is 3.50. The largest absolute Gasteiger partial charge is 0.493 e. The van der Waals surface area contributed by atoms with Crippen LogP contribution in [0.15, 0.2) is 54.7 Å². The van der Waals surface area contributed by atoms with Gasteiger partial charge in [-0.3, -0.25) is 0 Å². The van der Waals surface area contributed by atoms with Crippen LogP contribution in [0.5, 0.6) is 11.5 Å². The zero-order chi connectivity index (χ0) is 20.8. The molecule has 2 amide bonds. The van der Waals surface area contributed by atoms with E-state index in [-0.39, 0.29) is 18.0 Å². The highest BCUT2D eigenvalue weighted by Crippen LogP contribution is 2.32. The monoisotopic (exact) mass is 395 g/mol. The Kier molecular flexibility index (Phi) is 6.65. The molecule has 6 nitrogen and oxygen atoms in total. The summed E-state index contributed by atoms with van der Waals surface area (Å²) < 4.78 is 12.8. The lowest BCUT2D eigenvalue weighted by Gasteiger charge is -2.24. The fraction of sp³-hybridized carbons (Fsp3) is 0.348. The van der Waals surface area contributed by atoms with Crippen molar-refractivity contribution in [1.29, 1.82) is 0 Å². The molecule has 0 aliphatic rings. The first-order valence-corrected chi connectivity index (χ1v) is 9.83. The van der Waals surface area contributed by atoms with Crippen molar-refractivity contribution in [3.05, 3.63) is 60.3 Å². The summed E-state index contributed by atoms with van der Waals surface area (Å²) in [6.07, 6.45) is 2.05. The second kappa shape index (κ2) is 9.37. The standard InChI is InChI=1S/C23H29N3O3/c1-16(2)22(18-9-10-20(28-3)21(15-18)29-4)25-23(27)24-12-14-26-13-11-17-7-5-6-8-19(17)26/h5-11,13,15-16,22H,12,14H2,1-4H3,(H2,24,25,27)/t22-/m1/s1. The summed E-state index contributed by atoms with van der Waals surface area (Å²) in [6.45, 7) is 5.41. The number of methoxy groups -OCH3 is 2. The van der Waals surface area contributed by atoms with Gasteiger partial charge < -0.3 is 24.7 Å². The molecule has 0 unspecified atom stereocenters. The van der Waals surface area contributed by atoms with Crippen LogP contribution >= 0.6 is 0 Å². The van der Waals surface area contributed by atoms with Gasteiger partial charge in [0.15, 0.2) is 11.5 Å². The van der Waals surface area contributed by atoms with Gasteiger partial charge in [-0.2, -0.15) is 0 Å². The van der Waals surface area contributed by atoms with Crippen LogP contribution in [0.25, 0.3) is 10.9 Å². The number of nitrogens with zero attached hydrogens (tertiary/aromatic N) is 1. The predicted molar refractivity (Wildman–Crippen MR) is 116 cm³/mol. The molecule has 29 heavy (non-hydrogen) atoms. The van der Waals surface area contributed by atoms with Crippen LogP contribution in [0.2, 0.25) is 0 Å². The van der Waals surface area contributed by atoms with Crippen molar-refractivity contribution in [2.75, 3.05) is 20.8 Å². The average Bonchev–Trinajstić information content (AvgIpc) is 3.14. The van der Waals surface area contributed by atoms with Crippen molar-refractivity contribution < 1.29 is 14.3 Å². The number of fused-ring (bicyclic) bond motifs is 1. The highest BCUT2D eigenvalue weighted by molar-refractivity contribution is 5.80. The Bertz CT molecular complexity index is 965. The minimum Gasteiger partial charge on any atom is -0.493 e. The topological polar surface area (TPSA) is 64.5 Å². The second-order valence-electron chi connectivity index (χ2n) is 7.30. The first-order chi connectivity index (χ1) is 14.0. The zero-order valence-electron chi connectivity index (χ0n) is 17.4. The number of ether oxygens (including phenoxy) is 2. The number of nitrogens with one attached hydrogen (secondary N) is 2. The normalized spacial score (nSPS) is 12.0. The third-order valence-corrected chi connectivity index (χ3v) is 5.04. The summed E-state index contributed by atoms with van der Waals surface area (Å²) in [5.74, 6) is 1.53. The molecule has 3 aromatic rings. The zero-order valence-corrected chi connectivity index (χ0v) is 17.4. The van der Waals surface area contributed by atoms with E-state index in [0.29, 0.717) is 24.6 Å². The Morgan fingerprint density at radius 1 is 1.03 bits per heavy atom. The summed E-state index contributed by atoms with van der Waals surface area (Å²) in [5, 5.41) is 7.25. The molecular weight excluding hydrogens is 366 g/mol. The number of carbonyl (C=O) groups is 1. The number of aromatic nitrogens is 1. The predicted octanol–water partition coefficient (Wildman–Crippen LogP) is 4.36. The van der Waals surface area contributed by atoms with Gasteiger partial charge in [0, 0.05) is 24.8 Å². The van der Waals surface area contributed by atoms with E-state index in [1.165, 1.54) is 10.9 Å². The Hall–Kier alpha value is -3.15. The molecule has 1 atom stereocenters. The van der Waals surface area contributed by atoms with Crippen molar-refractivity contribution in [2.45, 2.75) is 26.4 Å². The first-order valence-electron chi connectivity index (χ1n) is 9.83. The maximum Gasteiger partial charge on any atom is 0.315 e. The van der Waals surface area contributed by atoms with E-state index in [4.69, 9.17) is 9.47 Å². The molecule has 6 heteroatoms. The molecule has 0 fully saturated rings. The number of hydrogen-bond donors (Lipinski definition) is 2. The Balaban J connectivity index is 1.61. The summed E-state index contributed by atoms with van der Waals surface area (Å²) >= 11 is 0. The lowest BCUT2D eigenvalue weighted by molar-refractivity contribution is 0.232. The number of benzene rings is 2. The molecular formula is C23H29N3O3. The van der Waals surface area contributed by atoms with Crippen LogP contribution in [-0.4, -0.2) is 31.4 Å². The number of amides is 2. The Morgan fingerprint density at radius 2 is 1.79 bits per heavy atom. The van der Waals surface area contributed by atoms with Gasteiger partial charge in [-0.15, -0.1) is 0 Å². The molecule has 1 aromatic heterocycles. The van der Waals surface area contributed by atoms with Gasteiger partial charge in [-0.25, -0.2) is 4.79 Å². The molecule has 3 rings (SSSR count). The van der Waals surface area contributed by atoms with Gasteiger partial charge in [-0.05, 0) is 41.1 Å². The van der Waals surface area contributed by atoms with Crippen LogP contribution in [-0.2, 0) is 6.54 Å². The summed E-state index contributed by atoms with van der Waals surface area (Å²) in [5.41, 5.74) is 2.14. The van der Waals surface area contributed by atoms with Gasteiger partial charge in [-0.1, -0.05) is 38.1 Å². The lowest BCUT2D eigenvalue weighted by atomic mass is 9.96. The van der Waals surface area contributed by atoms with Gasteiger partial charge in [0.2, 0.25) is 0 Å². The number of urea groups is 1. The number of rotatable bonds is 8. The molecule has 2 N–H and O–H groups in total. The van der Waals surface area contributed by atoms with Gasteiger partial charge >= 0.3 is 6.03 Å². The fourth-order valence-corrected chi connectivity index (χ4v) is 3.50. The highest BCUT2D eigenvalue weighted by Gasteiger charge is 2.20. The van der Waals surface area contributed by atoms with E-state index in [9.17, 15) is 4.79 Å². The van der Waals surface area contributed by atoms with E-state index in [1.54, 1.807) is 14.2 Å². The molecule has 1 heterocycles. The molecule has 0 saturated carbocycles. The second-order valence-corrected chi connectivity index (χ2v) is 7.30. The first kappa shape index (κ1) is 20.6. The van der Waals surface area contributed by atoms with Crippen LogP contribution in [0, 0.1) is 5.92 Å². The Labute approximate surface area is 171 Å². The number of para-hydroxylation sites is 1. The van der Waals surface area contributed by atoms with Crippen molar-refractivity contribution >= 4 is 16.9 Å². The van der Waals surface area contributed by atoms with Gasteiger partial charge in [0.25, 0.3) is 0 Å². The van der Waals surface area contributed by atoms with Gasteiger partial charge in [0.1, 0.15) is 0 Å². The van der Waals surface area contributed by atoms with E-state index in [2.05, 4.69) is 47.2 Å². The van der Waals surface area contributed by atoms with Crippen LogP contribution in [0.1, 0.15) is 25.5 Å². The molecule has 0 aliphatic heterocycles. The van der Waals surface area contributed by atoms with Gasteiger partial charge in [0.05, 0.1) is 20.3 Å². The molecule has 0 spiro atoms. The quantitative estimate of drug-likeness (QED) is 0.596. The number of carbonyl (C=O) groups excluding carboxylic acids is 1. The average molecular weight is 396 g/mol. The third kappa shape index (κ3) is 4.83. The van der Waals surface area contributed by atoms with Crippen molar-refractivity contribution in [1.82, 2.24) is 15.2 Å². The van der Waals surface area contributed by atoms with E-state index < -0.39 is 0 Å². The summed E-state index contributed by atoms with van der Waals surface area (Å²) in [4.78, 5) is 12.5. The molecule has 2 aromatic carbocycles. The molecule has 0 saturated heterocycles. The lowest BCUT2D eigenvalue weighted by Crippen LogP contribution is -2.40. The van der Waals surface area contributed by atoms with E-state index in [0.717, 1.165) is 5.56 Å². The highest BCUT2D eigenvalue weighted by atomic mass is 16.5. The van der Waals surface area contributed by atoms with Crippen LogP contribution < -0.4 is 20.1 Å². The molecule has 0 bridgehead atoms. The van der Waals surface area contributed by atoms with E-state index in [1.807, 2.05) is 36.5 Å². The third-order valence-electron chi connectivity index (χ3n) is 5.04. The summed E-state index contributed by atoms with van der Waals surface area (Å²) in [6, 6.07) is 15.7. The van der Waals surface area contributed by atoms with Crippen molar-refractivity contribution in [3.63, 3.8) is 0 Å². The SMILES string of the molecule is COc1ccc([C@H](NC(=O)NCCn2ccc3ccccc32)C(C)C)cc1OC. The molecule has 0 radical (unpaired) electrons. The van der Waals surface area contributed by atoms with Crippen molar-refractivity contribution in [2.24, 2.45) is 5.92 Å². The van der Waals surface area contributed by atoms with Crippen molar-refractivity contribution in [3.8, 4) is 11.5 Å². The van der Waals surface area contributed by atoms with Crippen LogP contribution in [0.4, 0.5) is 4.79 Å². The van der Waals surface area contributed by atoms with E-state index >= 15 is 0 Å². The number of hydrogen-bond acceptors (Lipinski definition) is 3. The molecule has 0 aliphatic carbocycles. The minimum atomic E-state index is -0.185. The maximum absolute atomic E-state index is 12.5. The maximum atomic E-state index is 12.5. The van der Waals surface area contributed by atoms with Crippen LogP contribution in [0.3, 0.4) is 0 Å².